The third-order valence-corrected chi connectivity index (χ3v) is 6.99. The van der Waals surface area contributed by atoms with Crippen LogP contribution in [0.4, 0.5) is 0 Å². The van der Waals surface area contributed by atoms with E-state index < -0.39 is 5.97 Å². The molecule has 160 valence electrons. The first kappa shape index (κ1) is 20.2. The minimum Gasteiger partial charge on any atom is -0.481 e. The van der Waals surface area contributed by atoms with Crippen LogP contribution in [0.1, 0.15) is 36.6 Å². The van der Waals surface area contributed by atoms with E-state index in [1.807, 2.05) is 29.8 Å². The SMILES string of the molecule is O=C(O)C1CCC(Oc2nc3nc(-c4ccc(C5NC=CS5)cc4)c(Cl)cc3[nH]2)CC1. The van der Waals surface area contributed by atoms with Crippen molar-refractivity contribution in [2.75, 3.05) is 0 Å². The fourth-order valence-electron chi connectivity index (χ4n) is 4.01. The number of pyridine rings is 1. The van der Waals surface area contributed by atoms with Gasteiger partial charge in [-0.2, -0.15) is 4.98 Å². The van der Waals surface area contributed by atoms with Gasteiger partial charge in [0.2, 0.25) is 0 Å². The molecule has 0 saturated heterocycles. The molecular weight excluding hydrogens is 436 g/mol. The molecule has 9 heteroatoms. The van der Waals surface area contributed by atoms with E-state index >= 15 is 0 Å². The predicted molar refractivity (Wildman–Crippen MR) is 121 cm³/mol. The molecule has 1 aromatic carbocycles. The Labute approximate surface area is 188 Å². The van der Waals surface area contributed by atoms with Gasteiger partial charge in [0.25, 0.3) is 6.01 Å². The monoisotopic (exact) mass is 456 g/mol. The topological polar surface area (TPSA) is 100 Å². The van der Waals surface area contributed by atoms with Crippen molar-refractivity contribution in [2.45, 2.75) is 37.2 Å². The predicted octanol–water partition coefficient (Wildman–Crippen LogP) is 5.11. The van der Waals surface area contributed by atoms with Crippen LogP contribution in [0.3, 0.4) is 0 Å². The fourth-order valence-corrected chi connectivity index (χ4v) is 5.06. The lowest BCUT2D eigenvalue weighted by Crippen LogP contribution is -2.28. The summed E-state index contributed by atoms with van der Waals surface area (Å²) in [5.41, 5.74) is 4.02. The van der Waals surface area contributed by atoms with E-state index in [0.29, 0.717) is 53.6 Å². The van der Waals surface area contributed by atoms with Crippen molar-refractivity contribution in [1.29, 1.82) is 0 Å². The quantitative estimate of drug-likeness (QED) is 0.490. The second-order valence-corrected chi connectivity index (χ2v) is 9.19. The number of ether oxygens (including phenoxy) is 1. The van der Waals surface area contributed by atoms with Crippen molar-refractivity contribution in [3.63, 3.8) is 0 Å². The van der Waals surface area contributed by atoms with E-state index in [9.17, 15) is 4.79 Å². The fraction of sp³-hybridized carbons (Fsp3) is 0.318. The highest BCUT2D eigenvalue weighted by Gasteiger charge is 2.27. The number of nitrogens with zero attached hydrogens (tertiary/aromatic N) is 2. The molecular formula is C22H21ClN4O3S. The van der Waals surface area contributed by atoms with E-state index in [-0.39, 0.29) is 17.4 Å². The molecule has 2 aromatic heterocycles. The van der Waals surface area contributed by atoms with Gasteiger partial charge < -0.3 is 20.1 Å². The Bertz CT molecular complexity index is 1130. The maximum absolute atomic E-state index is 11.1. The summed E-state index contributed by atoms with van der Waals surface area (Å²) in [6.45, 7) is 0. The number of thioether (sulfide) groups is 1. The number of imidazole rings is 1. The molecule has 2 aliphatic rings. The molecule has 1 unspecified atom stereocenters. The van der Waals surface area contributed by atoms with Crippen LogP contribution in [0.2, 0.25) is 5.02 Å². The van der Waals surface area contributed by atoms with Crippen LogP contribution in [-0.2, 0) is 4.79 Å². The van der Waals surface area contributed by atoms with Crippen LogP contribution in [0, 0.1) is 5.92 Å². The molecule has 1 aliphatic carbocycles. The molecule has 0 bridgehead atoms. The van der Waals surface area contributed by atoms with Crippen molar-refractivity contribution in [3.05, 3.63) is 52.5 Å². The lowest BCUT2D eigenvalue weighted by Gasteiger charge is -2.25. The molecule has 1 fully saturated rings. The van der Waals surface area contributed by atoms with E-state index in [4.69, 9.17) is 21.4 Å². The summed E-state index contributed by atoms with van der Waals surface area (Å²) in [6.07, 6.45) is 4.54. The van der Waals surface area contributed by atoms with Gasteiger partial charge in [-0.15, -0.1) is 11.8 Å². The normalized spacial score (nSPS) is 23.1. The number of benzene rings is 1. The number of rotatable bonds is 5. The number of aromatic amines is 1. The molecule has 0 radical (unpaired) electrons. The summed E-state index contributed by atoms with van der Waals surface area (Å²) in [7, 11) is 0. The molecule has 3 N–H and O–H groups in total. The Morgan fingerprint density at radius 3 is 2.61 bits per heavy atom. The van der Waals surface area contributed by atoms with Crippen molar-refractivity contribution < 1.29 is 14.6 Å². The minimum atomic E-state index is -0.725. The molecule has 0 spiro atoms. The summed E-state index contributed by atoms with van der Waals surface area (Å²) in [5, 5.41) is 15.2. The van der Waals surface area contributed by atoms with Crippen molar-refractivity contribution in [2.24, 2.45) is 5.92 Å². The van der Waals surface area contributed by atoms with E-state index in [1.165, 1.54) is 5.56 Å². The van der Waals surface area contributed by atoms with Gasteiger partial charge in [-0.05, 0) is 42.7 Å². The maximum atomic E-state index is 11.1. The summed E-state index contributed by atoms with van der Waals surface area (Å²) in [4.78, 5) is 23.4. The number of carbonyl (C=O) groups is 1. The Balaban J connectivity index is 1.33. The summed E-state index contributed by atoms with van der Waals surface area (Å²) >= 11 is 8.25. The number of nitrogens with one attached hydrogen (secondary N) is 2. The molecule has 1 atom stereocenters. The van der Waals surface area contributed by atoms with Crippen LogP contribution < -0.4 is 10.1 Å². The number of fused-ring (bicyclic) bond motifs is 1. The molecule has 7 nitrogen and oxygen atoms in total. The third-order valence-electron chi connectivity index (χ3n) is 5.72. The number of carboxylic acid groups (broad SMARTS) is 1. The molecule has 3 aromatic rings. The van der Waals surface area contributed by atoms with Crippen molar-refractivity contribution in [1.82, 2.24) is 20.3 Å². The van der Waals surface area contributed by atoms with Crippen LogP contribution in [0.5, 0.6) is 6.01 Å². The van der Waals surface area contributed by atoms with Gasteiger partial charge in [0, 0.05) is 11.8 Å². The first-order valence-electron chi connectivity index (χ1n) is 10.2. The Hall–Kier alpha value is -2.71. The molecule has 5 rings (SSSR count). The largest absolute Gasteiger partial charge is 0.481 e. The molecule has 1 aliphatic heterocycles. The Morgan fingerprint density at radius 1 is 1.16 bits per heavy atom. The number of hydrogen-bond acceptors (Lipinski definition) is 6. The van der Waals surface area contributed by atoms with Gasteiger partial charge in [-0.3, -0.25) is 4.79 Å². The first-order valence-corrected chi connectivity index (χ1v) is 11.5. The zero-order valence-electron chi connectivity index (χ0n) is 16.5. The van der Waals surface area contributed by atoms with Gasteiger partial charge in [0.1, 0.15) is 11.5 Å². The van der Waals surface area contributed by atoms with Crippen LogP contribution >= 0.6 is 23.4 Å². The summed E-state index contributed by atoms with van der Waals surface area (Å²) < 4.78 is 5.97. The minimum absolute atomic E-state index is 0.0461. The number of aliphatic carboxylic acids is 1. The highest BCUT2D eigenvalue weighted by atomic mass is 35.5. The third kappa shape index (κ3) is 4.22. The van der Waals surface area contributed by atoms with Crippen molar-refractivity contribution in [3.8, 4) is 17.3 Å². The molecule has 3 heterocycles. The zero-order chi connectivity index (χ0) is 21.4. The van der Waals surface area contributed by atoms with E-state index in [0.717, 1.165) is 5.56 Å². The first-order chi connectivity index (χ1) is 15.1. The molecule has 1 saturated carbocycles. The number of H-pyrrole nitrogens is 1. The van der Waals surface area contributed by atoms with E-state index in [2.05, 4.69) is 32.4 Å². The Kier molecular flexibility index (Phi) is 5.50. The van der Waals surface area contributed by atoms with Crippen molar-refractivity contribution >= 4 is 40.5 Å². The van der Waals surface area contributed by atoms with Gasteiger partial charge in [-0.25, -0.2) is 4.98 Å². The summed E-state index contributed by atoms with van der Waals surface area (Å²) in [6, 6.07) is 10.4. The van der Waals surface area contributed by atoms with E-state index in [1.54, 1.807) is 11.8 Å². The molecule has 0 amide bonds. The van der Waals surface area contributed by atoms with Crippen LogP contribution in [-0.4, -0.2) is 32.1 Å². The average Bonchev–Trinajstić information content (AvgIpc) is 3.43. The number of carboxylic acids is 1. The number of aromatic nitrogens is 3. The smallest absolute Gasteiger partial charge is 0.306 e. The molecule has 31 heavy (non-hydrogen) atoms. The number of hydrogen-bond donors (Lipinski definition) is 3. The van der Waals surface area contributed by atoms with Gasteiger partial charge in [0.15, 0.2) is 5.65 Å². The van der Waals surface area contributed by atoms with Crippen LogP contribution in [0.15, 0.2) is 41.9 Å². The van der Waals surface area contributed by atoms with Crippen LogP contribution in [0.25, 0.3) is 22.4 Å². The van der Waals surface area contributed by atoms with Gasteiger partial charge >= 0.3 is 5.97 Å². The average molecular weight is 457 g/mol. The lowest BCUT2D eigenvalue weighted by molar-refractivity contribution is -0.143. The second kappa shape index (κ2) is 8.43. The Morgan fingerprint density at radius 2 is 1.94 bits per heavy atom. The standard InChI is InChI=1S/C22H21ClN4O3S/c23-16-11-17-19(27-22(25-17)30-15-7-5-14(6-8-15)21(28)29)26-18(16)12-1-3-13(4-2-12)20-24-9-10-31-20/h1-4,9-11,14-15,20,24H,5-8H2,(H,28,29)(H,25,26,27). The lowest BCUT2D eigenvalue weighted by atomic mass is 9.87. The number of halogens is 1. The second-order valence-electron chi connectivity index (χ2n) is 7.77. The highest BCUT2D eigenvalue weighted by Crippen LogP contribution is 2.34. The highest BCUT2D eigenvalue weighted by molar-refractivity contribution is 8.02. The summed E-state index contributed by atoms with van der Waals surface area (Å²) in [5.74, 6) is -0.999. The maximum Gasteiger partial charge on any atom is 0.306 e. The zero-order valence-corrected chi connectivity index (χ0v) is 18.1. The van der Waals surface area contributed by atoms with Gasteiger partial charge in [0.05, 0.1) is 22.2 Å². The van der Waals surface area contributed by atoms with Gasteiger partial charge in [-0.1, -0.05) is 35.9 Å².